The van der Waals surface area contributed by atoms with Crippen molar-refractivity contribution in [2.45, 2.75) is 0 Å². The van der Waals surface area contributed by atoms with Gasteiger partial charge in [-0.05, 0) is 6.07 Å². The highest BCUT2D eigenvalue weighted by atomic mass is 16.5. The van der Waals surface area contributed by atoms with E-state index in [2.05, 4.69) is 9.97 Å². The number of aromatic hydroxyl groups is 1. The van der Waals surface area contributed by atoms with Crippen LogP contribution in [0, 0.1) is 0 Å². The van der Waals surface area contributed by atoms with Gasteiger partial charge in [0.1, 0.15) is 12.1 Å². The summed E-state index contributed by atoms with van der Waals surface area (Å²) >= 11 is 0. The minimum Gasteiger partial charge on any atom is -0.504 e. The van der Waals surface area contributed by atoms with Crippen LogP contribution in [-0.4, -0.2) is 36.3 Å². The molecule has 0 fully saturated rings. The van der Waals surface area contributed by atoms with E-state index in [0.29, 0.717) is 5.75 Å². The van der Waals surface area contributed by atoms with Crippen LogP contribution < -0.4 is 9.64 Å². The summed E-state index contributed by atoms with van der Waals surface area (Å²) in [5.41, 5.74) is 0.744. The van der Waals surface area contributed by atoms with Crippen molar-refractivity contribution < 1.29 is 9.84 Å². The van der Waals surface area contributed by atoms with E-state index >= 15 is 0 Å². The summed E-state index contributed by atoms with van der Waals surface area (Å²) in [5, 5.41) is 10.5. The Balaban J connectivity index is 2.74. The Bertz CT molecular complexity index is 526. The van der Waals surface area contributed by atoms with Crippen LogP contribution in [-0.2, 0) is 0 Å². The molecule has 1 heterocycles. The highest BCUT2D eigenvalue weighted by Gasteiger charge is 2.10. The van der Waals surface area contributed by atoms with Crippen molar-refractivity contribution in [1.82, 2.24) is 9.97 Å². The maximum atomic E-state index is 9.72. The molecule has 0 unspecified atom stereocenters. The Morgan fingerprint density at radius 3 is 2.62 bits per heavy atom. The van der Waals surface area contributed by atoms with Crippen molar-refractivity contribution in [3.63, 3.8) is 0 Å². The molecule has 1 aromatic heterocycles. The molecule has 0 bridgehead atoms. The topological polar surface area (TPSA) is 58.5 Å². The summed E-state index contributed by atoms with van der Waals surface area (Å²) in [4.78, 5) is 10.2. The third-order valence-electron chi connectivity index (χ3n) is 2.34. The smallest absolute Gasteiger partial charge is 0.162 e. The van der Waals surface area contributed by atoms with Gasteiger partial charge in [-0.15, -0.1) is 0 Å². The summed E-state index contributed by atoms with van der Waals surface area (Å²) in [7, 11) is 5.29. The van der Waals surface area contributed by atoms with Gasteiger partial charge < -0.3 is 14.7 Å². The van der Waals surface area contributed by atoms with Gasteiger partial charge in [-0.3, -0.25) is 0 Å². The van der Waals surface area contributed by atoms with Crippen LogP contribution in [0.25, 0.3) is 10.9 Å². The third kappa shape index (κ3) is 1.60. The molecule has 0 aliphatic heterocycles. The van der Waals surface area contributed by atoms with E-state index < -0.39 is 0 Å². The van der Waals surface area contributed by atoms with Gasteiger partial charge in [-0.25, -0.2) is 9.97 Å². The number of methoxy groups -OCH3 is 1. The molecular weight excluding hydrogens is 206 g/mol. The number of nitrogens with zero attached hydrogens (tertiary/aromatic N) is 3. The number of hydrogen-bond donors (Lipinski definition) is 1. The summed E-state index contributed by atoms with van der Waals surface area (Å²) in [6, 6.07) is 3.31. The molecule has 0 spiro atoms. The zero-order valence-corrected chi connectivity index (χ0v) is 9.43. The van der Waals surface area contributed by atoms with Crippen molar-refractivity contribution in [3.05, 3.63) is 18.5 Å². The van der Waals surface area contributed by atoms with Gasteiger partial charge in [0.15, 0.2) is 11.5 Å². The standard InChI is InChI=1S/C11H13N3O2/c1-14(2)11-7-4-9(15)10(16-3)5-8(7)12-6-13-11/h4-6,15H,1-3H3. The van der Waals surface area contributed by atoms with E-state index in [1.807, 2.05) is 19.0 Å². The van der Waals surface area contributed by atoms with Crippen LogP contribution in [0.3, 0.4) is 0 Å². The predicted octanol–water partition coefficient (Wildman–Crippen LogP) is 1.41. The molecule has 1 N–H and O–H groups in total. The first-order chi connectivity index (χ1) is 7.63. The number of ether oxygens (including phenoxy) is 1. The zero-order valence-electron chi connectivity index (χ0n) is 9.43. The minimum absolute atomic E-state index is 0.0906. The van der Waals surface area contributed by atoms with Crippen LogP contribution in [0.15, 0.2) is 18.5 Å². The molecule has 2 aromatic rings. The van der Waals surface area contributed by atoms with E-state index in [1.54, 1.807) is 12.1 Å². The molecule has 0 saturated carbocycles. The lowest BCUT2D eigenvalue weighted by Gasteiger charge is -2.14. The predicted molar refractivity (Wildman–Crippen MR) is 62.1 cm³/mol. The molecule has 84 valence electrons. The summed E-state index contributed by atoms with van der Waals surface area (Å²) < 4.78 is 5.03. The van der Waals surface area contributed by atoms with Crippen molar-refractivity contribution >= 4 is 16.7 Å². The van der Waals surface area contributed by atoms with Gasteiger partial charge in [0, 0.05) is 25.5 Å². The third-order valence-corrected chi connectivity index (χ3v) is 2.34. The SMILES string of the molecule is COc1cc2ncnc(N(C)C)c2cc1O. The normalized spacial score (nSPS) is 10.4. The Kier molecular flexibility index (Phi) is 2.52. The Morgan fingerprint density at radius 2 is 2.00 bits per heavy atom. The second-order valence-electron chi connectivity index (χ2n) is 3.63. The summed E-state index contributed by atoms with van der Waals surface area (Å²) in [5.74, 6) is 1.27. The zero-order chi connectivity index (χ0) is 11.7. The van der Waals surface area contributed by atoms with Crippen LogP contribution >= 0.6 is 0 Å². The molecule has 1 aromatic carbocycles. The fourth-order valence-electron chi connectivity index (χ4n) is 1.58. The number of phenolic OH excluding ortho intramolecular Hbond substituents is 1. The van der Waals surface area contributed by atoms with Gasteiger partial charge in [0.2, 0.25) is 0 Å². The maximum absolute atomic E-state index is 9.72. The highest BCUT2D eigenvalue weighted by Crippen LogP contribution is 2.33. The Morgan fingerprint density at radius 1 is 1.25 bits per heavy atom. The van der Waals surface area contributed by atoms with Crippen molar-refractivity contribution in [2.24, 2.45) is 0 Å². The van der Waals surface area contributed by atoms with Crippen molar-refractivity contribution in [1.29, 1.82) is 0 Å². The lowest BCUT2D eigenvalue weighted by molar-refractivity contribution is 0.374. The van der Waals surface area contributed by atoms with Crippen LogP contribution in [0.4, 0.5) is 5.82 Å². The molecule has 0 aliphatic carbocycles. The monoisotopic (exact) mass is 219 g/mol. The maximum Gasteiger partial charge on any atom is 0.162 e. The first-order valence-corrected chi connectivity index (χ1v) is 4.82. The van der Waals surface area contributed by atoms with Gasteiger partial charge in [-0.1, -0.05) is 0 Å². The number of fused-ring (bicyclic) bond motifs is 1. The van der Waals surface area contributed by atoms with E-state index in [4.69, 9.17) is 4.74 Å². The summed E-state index contributed by atoms with van der Waals surface area (Å²) in [6.07, 6.45) is 1.49. The van der Waals surface area contributed by atoms with Crippen molar-refractivity contribution in [2.75, 3.05) is 26.1 Å². The number of aromatic nitrogens is 2. The number of phenols is 1. The van der Waals surface area contributed by atoms with Gasteiger partial charge >= 0.3 is 0 Å². The average Bonchev–Trinajstić information content (AvgIpc) is 2.27. The fraction of sp³-hybridized carbons (Fsp3) is 0.273. The molecular formula is C11H13N3O2. The second kappa shape index (κ2) is 3.84. The van der Waals surface area contributed by atoms with Gasteiger partial charge in [0.25, 0.3) is 0 Å². The lowest BCUT2D eigenvalue weighted by atomic mass is 10.2. The first-order valence-electron chi connectivity index (χ1n) is 4.82. The van der Waals surface area contributed by atoms with Crippen LogP contribution in [0.5, 0.6) is 11.5 Å². The van der Waals surface area contributed by atoms with Gasteiger partial charge in [-0.2, -0.15) is 0 Å². The van der Waals surface area contributed by atoms with Crippen molar-refractivity contribution in [3.8, 4) is 11.5 Å². The van der Waals surface area contributed by atoms with E-state index in [9.17, 15) is 5.11 Å². The number of anilines is 1. The highest BCUT2D eigenvalue weighted by molar-refractivity contribution is 5.91. The van der Waals surface area contributed by atoms with Crippen LogP contribution in [0.2, 0.25) is 0 Å². The van der Waals surface area contributed by atoms with E-state index in [-0.39, 0.29) is 5.75 Å². The molecule has 0 amide bonds. The van der Waals surface area contributed by atoms with E-state index in [0.717, 1.165) is 16.7 Å². The van der Waals surface area contributed by atoms with Crippen LogP contribution in [0.1, 0.15) is 0 Å². The Labute approximate surface area is 93.3 Å². The molecule has 0 aliphatic rings. The molecule has 0 radical (unpaired) electrons. The second-order valence-corrected chi connectivity index (χ2v) is 3.63. The fourth-order valence-corrected chi connectivity index (χ4v) is 1.58. The number of benzene rings is 1. The molecule has 16 heavy (non-hydrogen) atoms. The summed E-state index contributed by atoms with van der Waals surface area (Å²) in [6.45, 7) is 0. The lowest BCUT2D eigenvalue weighted by Crippen LogP contribution is -2.11. The molecule has 0 saturated heterocycles. The van der Waals surface area contributed by atoms with E-state index in [1.165, 1.54) is 13.4 Å². The van der Waals surface area contributed by atoms with Gasteiger partial charge in [0.05, 0.1) is 12.6 Å². The number of hydrogen-bond acceptors (Lipinski definition) is 5. The first kappa shape index (κ1) is 10.5. The minimum atomic E-state index is 0.0906. The molecule has 0 atom stereocenters. The largest absolute Gasteiger partial charge is 0.504 e. The molecule has 5 nitrogen and oxygen atoms in total. The molecule has 2 rings (SSSR count). The molecule has 5 heteroatoms. The Hall–Kier alpha value is -2.04. The quantitative estimate of drug-likeness (QED) is 0.827. The number of rotatable bonds is 2. The average molecular weight is 219 g/mol.